The zero-order valence-corrected chi connectivity index (χ0v) is 15.1. The Kier molecular flexibility index (Phi) is 4.44. The number of hydrogen-bond donors (Lipinski definition) is 1. The summed E-state index contributed by atoms with van der Waals surface area (Å²) >= 11 is 0. The van der Waals surface area contributed by atoms with E-state index in [9.17, 15) is 18.8 Å². The van der Waals surface area contributed by atoms with E-state index in [1.165, 1.54) is 0 Å². The number of aliphatic hydroxyl groups excluding tert-OH is 1. The van der Waals surface area contributed by atoms with E-state index >= 15 is 0 Å². The highest BCUT2D eigenvalue weighted by Gasteiger charge is 2.72. The van der Waals surface area contributed by atoms with Gasteiger partial charge in [0.2, 0.25) is 0 Å². The molecule has 1 N–H and O–H groups in total. The molecule has 0 radical (unpaired) electrons. The Morgan fingerprint density at radius 3 is 2.20 bits per heavy atom. The van der Waals surface area contributed by atoms with Crippen molar-refractivity contribution in [1.82, 2.24) is 0 Å². The van der Waals surface area contributed by atoms with Crippen LogP contribution < -0.4 is 0 Å². The highest BCUT2D eigenvalue weighted by atomic mass is 32.2. The maximum absolute atomic E-state index is 13.1. The highest BCUT2D eigenvalue weighted by molar-refractivity contribution is 7.92. The molecule has 0 saturated heterocycles. The number of hydrogen-bond acceptors (Lipinski definition) is 4. The van der Waals surface area contributed by atoms with Crippen LogP contribution in [0.1, 0.15) is 29.5 Å². The Bertz CT molecular complexity index is 911. The van der Waals surface area contributed by atoms with Gasteiger partial charge in [0, 0.05) is 5.92 Å². The average Bonchev–Trinajstić information content (AvgIpc) is 3.33. The smallest absolute Gasteiger partial charge is 0.183 e. The normalized spacial score (nSPS) is 25.4. The molecule has 4 nitrogen and oxygen atoms in total. The lowest BCUT2D eigenvalue weighted by Gasteiger charge is -2.06. The van der Waals surface area contributed by atoms with Crippen LogP contribution in [0.15, 0.2) is 53.4 Å². The first-order valence-corrected chi connectivity index (χ1v) is 9.87. The summed E-state index contributed by atoms with van der Waals surface area (Å²) < 4.78 is 26.2. The molecular formula is C20H21NO3S. The fourth-order valence-corrected chi connectivity index (χ4v) is 5.84. The Balaban J connectivity index is 2.04. The number of aryl methyl sites for hydroxylation is 2. The molecule has 0 heterocycles. The van der Waals surface area contributed by atoms with Crippen molar-refractivity contribution in [2.75, 3.05) is 6.61 Å². The summed E-state index contributed by atoms with van der Waals surface area (Å²) in [5, 5.41) is 18.5. The molecule has 0 aromatic heterocycles. The van der Waals surface area contributed by atoms with Gasteiger partial charge in [-0.25, -0.2) is 8.42 Å². The zero-order valence-electron chi connectivity index (χ0n) is 14.3. The molecule has 0 bridgehead atoms. The third-order valence-corrected chi connectivity index (χ3v) is 7.45. The second-order valence-electron chi connectivity index (χ2n) is 6.66. The van der Waals surface area contributed by atoms with Crippen molar-refractivity contribution in [3.63, 3.8) is 0 Å². The van der Waals surface area contributed by atoms with Gasteiger partial charge in [-0.05, 0) is 36.6 Å². The summed E-state index contributed by atoms with van der Waals surface area (Å²) in [6.45, 7) is 3.46. The molecule has 2 aromatic rings. The van der Waals surface area contributed by atoms with Gasteiger partial charge in [0.05, 0.1) is 22.8 Å². The fourth-order valence-electron chi connectivity index (χ4n) is 3.53. The van der Waals surface area contributed by atoms with E-state index < -0.39 is 33.0 Å². The Morgan fingerprint density at radius 2 is 1.72 bits per heavy atom. The summed E-state index contributed by atoms with van der Waals surface area (Å²) in [7, 11) is -3.71. The van der Waals surface area contributed by atoms with Crippen LogP contribution in [0.3, 0.4) is 0 Å². The Hall–Kier alpha value is -2.16. The first-order chi connectivity index (χ1) is 11.9. The van der Waals surface area contributed by atoms with E-state index in [1.807, 2.05) is 38.1 Å². The van der Waals surface area contributed by atoms with E-state index in [4.69, 9.17) is 0 Å². The molecule has 130 valence electrons. The van der Waals surface area contributed by atoms with Gasteiger partial charge in [-0.3, -0.25) is 0 Å². The Labute approximate surface area is 148 Å². The van der Waals surface area contributed by atoms with Gasteiger partial charge >= 0.3 is 0 Å². The predicted octanol–water partition coefficient (Wildman–Crippen LogP) is 3.00. The molecule has 0 unspecified atom stereocenters. The summed E-state index contributed by atoms with van der Waals surface area (Å²) in [5.74, 6) is -0.514. The van der Waals surface area contributed by atoms with Crippen molar-refractivity contribution in [2.45, 2.75) is 36.3 Å². The van der Waals surface area contributed by atoms with Crippen LogP contribution in [0.5, 0.6) is 0 Å². The first kappa shape index (κ1) is 17.7. The molecule has 1 aliphatic carbocycles. The van der Waals surface area contributed by atoms with Gasteiger partial charge in [-0.15, -0.1) is 0 Å². The number of nitrogens with zero attached hydrogens (tertiary/aromatic N) is 1. The third kappa shape index (κ3) is 2.76. The third-order valence-electron chi connectivity index (χ3n) is 5.16. The molecule has 0 aliphatic heterocycles. The molecule has 25 heavy (non-hydrogen) atoms. The van der Waals surface area contributed by atoms with Crippen LogP contribution in [0.25, 0.3) is 0 Å². The lowest BCUT2D eigenvalue weighted by Crippen LogP contribution is -2.18. The second-order valence-corrected chi connectivity index (χ2v) is 8.73. The van der Waals surface area contributed by atoms with E-state index in [1.54, 1.807) is 24.3 Å². The molecule has 0 spiro atoms. The minimum atomic E-state index is -3.71. The molecule has 5 heteroatoms. The maximum atomic E-state index is 13.1. The Morgan fingerprint density at radius 1 is 1.12 bits per heavy atom. The minimum absolute atomic E-state index is 0.198. The number of sulfone groups is 1. The number of rotatable bonds is 5. The lowest BCUT2D eigenvalue weighted by atomic mass is 10.00. The van der Waals surface area contributed by atoms with E-state index in [0.29, 0.717) is 0 Å². The summed E-state index contributed by atoms with van der Waals surface area (Å²) in [5.41, 5.74) is 1.62. The van der Waals surface area contributed by atoms with Gasteiger partial charge in [0.25, 0.3) is 0 Å². The molecule has 0 amide bonds. The molecule has 1 aliphatic rings. The first-order valence-electron chi connectivity index (χ1n) is 8.32. The highest BCUT2D eigenvalue weighted by Crippen LogP contribution is 2.63. The van der Waals surface area contributed by atoms with E-state index in [0.717, 1.165) is 23.1 Å². The molecule has 1 saturated carbocycles. The summed E-state index contributed by atoms with van der Waals surface area (Å²) in [6, 6.07) is 16.3. The summed E-state index contributed by atoms with van der Waals surface area (Å²) in [6.07, 6.45) is 0.888. The van der Waals surface area contributed by atoms with Gasteiger partial charge in [0.1, 0.15) is 5.41 Å². The van der Waals surface area contributed by atoms with Gasteiger partial charge < -0.3 is 5.11 Å². The van der Waals surface area contributed by atoms with Crippen molar-refractivity contribution >= 4 is 9.84 Å². The average molecular weight is 355 g/mol. The number of nitriles is 1. The fraction of sp³-hybridized carbons (Fsp3) is 0.350. The van der Waals surface area contributed by atoms with E-state index in [2.05, 4.69) is 6.07 Å². The van der Waals surface area contributed by atoms with Gasteiger partial charge in [-0.2, -0.15) is 5.26 Å². The van der Waals surface area contributed by atoms with Crippen molar-refractivity contribution in [2.24, 2.45) is 5.41 Å². The quantitative estimate of drug-likeness (QED) is 0.894. The number of aliphatic hydroxyl groups is 1. The van der Waals surface area contributed by atoms with Crippen molar-refractivity contribution in [3.8, 4) is 6.07 Å². The van der Waals surface area contributed by atoms with Gasteiger partial charge in [0.15, 0.2) is 9.84 Å². The zero-order chi connectivity index (χ0) is 18.2. The van der Waals surface area contributed by atoms with Crippen LogP contribution in [-0.4, -0.2) is 25.4 Å². The van der Waals surface area contributed by atoms with Crippen molar-refractivity contribution < 1.29 is 13.5 Å². The SMILES string of the molecule is CCc1ccc([C@@H]2[C@H](S(=O)(=O)c3ccc(C)cc3)[C@@]2(C#N)CO)cc1. The van der Waals surface area contributed by atoms with Crippen molar-refractivity contribution in [1.29, 1.82) is 5.26 Å². The largest absolute Gasteiger partial charge is 0.395 e. The topological polar surface area (TPSA) is 78.2 Å². The van der Waals surface area contributed by atoms with Crippen LogP contribution in [-0.2, 0) is 16.3 Å². The van der Waals surface area contributed by atoms with Gasteiger partial charge in [-0.1, -0.05) is 48.9 Å². The molecule has 2 aromatic carbocycles. The maximum Gasteiger partial charge on any atom is 0.183 e. The minimum Gasteiger partial charge on any atom is -0.395 e. The number of benzene rings is 2. The predicted molar refractivity (Wildman–Crippen MR) is 95.8 cm³/mol. The molecular weight excluding hydrogens is 334 g/mol. The standard InChI is InChI=1S/C20H21NO3S/c1-3-15-6-8-16(9-7-15)18-19(20(18,12-21)13-22)25(23,24)17-10-4-14(2)5-11-17/h4-11,18-19,22H,3,13H2,1-2H3/t18-,19+,20+/m1/s1. The molecule has 3 rings (SSSR count). The monoisotopic (exact) mass is 355 g/mol. The molecule has 3 atom stereocenters. The summed E-state index contributed by atoms with van der Waals surface area (Å²) in [4.78, 5) is 0.198. The van der Waals surface area contributed by atoms with Crippen LogP contribution in [0.2, 0.25) is 0 Å². The van der Waals surface area contributed by atoms with Crippen molar-refractivity contribution in [3.05, 3.63) is 65.2 Å². The van der Waals surface area contributed by atoms with E-state index in [-0.39, 0.29) is 4.90 Å². The lowest BCUT2D eigenvalue weighted by molar-refractivity contribution is 0.242. The second kappa shape index (κ2) is 6.29. The van der Waals surface area contributed by atoms with Crippen LogP contribution in [0, 0.1) is 23.7 Å². The van der Waals surface area contributed by atoms with Crippen LogP contribution >= 0.6 is 0 Å². The van der Waals surface area contributed by atoms with Crippen LogP contribution in [0.4, 0.5) is 0 Å². The molecule has 1 fully saturated rings.